The van der Waals surface area contributed by atoms with Gasteiger partial charge in [0.25, 0.3) is 0 Å². The van der Waals surface area contributed by atoms with Gasteiger partial charge in [-0.2, -0.15) is 13.2 Å². The Morgan fingerprint density at radius 1 is 1.50 bits per heavy atom. The van der Waals surface area contributed by atoms with Gasteiger partial charge in [-0.3, -0.25) is 0 Å². The molecule has 14 heavy (non-hydrogen) atoms. The van der Waals surface area contributed by atoms with Gasteiger partial charge in [-0.15, -0.1) is 0 Å². The molecule has 0 aliphatic rings. The van der Waals surface area contributed by atoms with E-state index in [0.29, 0.717) is 4.60 Å². The van der Waals surface area contributed by atoms with E-state index in [-0.39, 0.29) is 5.56 Å². The lowest BCUT2D eigenvalue weighted by Crippen LogP contribution is -2.22. The Kier molecular flexibility index (Phi) is 3.49. The summed E-state index contributed by atoms with van der Waals surface area (Å²) in [4.78, 5) is 3.73. The van der Waals surface area contributed by atoms with Crippen molar-refractivity contribution in [1.82, 2.24) is 4.98 Å². The molecular weight excluding hydrogens is 263 g/mol. The lowest BCUT2D eigenvalue weighted by molar-refractivity contribution is -0.216. The number of methoxy groups -OCH3 is 1. The number of nitrogens with zero attached hydrogens (tertiary/aromatic N) is 1. The second-order valence-electron chi connectivity index (χ2n) is 2.57. The Hall–Kier alpha value is -0.620. The molecule has 1 rings (SSSR count). The van der Waals surface area contributed by atoms with Crippen molar-refractivity contribution in [3.05, 3.63) is 28.5 Å². The molecule has 0 radical (unpaired) electrons. The number of alkyl halides is 3. The average molecular weight is 270 g/mol. The molecule has 2 nitrogen and oxygen atoms in total. The summed E-state index contributed by atoms with van der Waals surface area (Å²) in [7, 11) is 1.02. The summed E-state index contributed by atoms with van der Waals surface area (Å²) in [5, 5.41) is 0. The highest BCUT2D eigenvalue weighted by Crippen LogP contribution is 2.35. The number of hydrogen-bond donors (Lipinski definition) is 0. The zero-order chi connectivity index (χ0) is 10.8. The molecule has 0 spiro atoms. The monoisotopic (exact) mass is 269 g/mol. The molecule has 0 aliphatic carbocycles. The van der Waals surface area contributed by atoms with Gasteiger partial charge in [0.15, 0.2) is 6.10 Å². The van der Waals surface area contributed by atoms with E-state index in [9.17, 15) is 13.2 Å². The normalized spacial score (nSPS) is 14.1. The number of rotatable bonds is 2. The predicted octanol–water partition coefficient (Wildman–Crippen LogP) is 3.09. The Morgan fingerprint density at radius 3 is 2.57 bits per heavy atom. The van der Waals surface area contributed by atoms with Crippen LogP contribution in [0.25, 0.3) is 0 Å². The smallest absolute Gasteiger partial charge is 0.367 e. The van der Waals surface area contributed by atoms with Crippen LogP contribution in [0.3, 0.4) is 0 Å². The van der Waals surface area contributed by atoms with E-state index < -0.39 is 12.3 Å². The zero-order valence-corrected chi connectivity index (χ0v) is 8.76. The third-order valence-corrected chi connectivity index (χ3v) is 2.02. The first kappa shape index (κ1) is 11.5. The molecule has 1 aromatic heterocycles. The molecule has 0 aromatic carbocycles. The van der Waals surface area contributed by atoms with Crippen LogP contribution in [0.4, 0.5) is 13.2 Å². The topological polar surface area (TPSA) is 22.1 Å². The third-order valence-electron chi connectivity index (χ3n) is 1.59. The summed E-state index contributed by atoms with van der Waals surface area (Å²) in [5.41, 5.74) is 0.0295. The number of pyridine rings is 1. The molecule has 0 amide bonds. The van der Waals surface area contributed by atoms with Crippen LogP contribution in [-0.2, 0) is 4.74 Å². The zero-order valence-electron chi connectivity index (χ0n) is 7.18. The fourth-order valence-electron chi connectivity index (χ4n) is 1.04. The number of halogens is 4. The minimum absolute atomic E-state index is 0.0295. The summed E-state index contributed by atoms with van der Waals surface area (Å²) < 4.78 is 41.9. The number of aromatic nitrogens is 1. The van der Waals surface area contributed by atoms with E-state index in [4.69, 9.17) is 0 Å². The predicted molar refractivity (Wildman–Crippen MR) is 47.7 cm³/mol. The Balaban J connectivity index is 3.01. The maximum absolute atomic E-state index is 12.4. The second-order valence-corrected chi connectivity index (χ2v) is 3.38. The van der Waals surface area contributed by atoms with E-state index in [2.05, 4.69) is 25.7 Å². The summed E-state index contributed by atoms with van der Waals surface area (Å²) in [5.74, 6) is 0. The Bertz CT molecular complexity index is 316. The van der Waals surface area contributed by atoms with E-state index in [0.717, 1.165) is 7.11 Å². The SMILES string of the molecule is COC(c1ccnc(Br)c1)C(F)(F)F. The van der Waals surface area contributed by atoms with Crippen LogP contribution in [0.15, 0.2) is 22.9 Å². The van der Waals surface area contributed by atoms with Gasteiger partial charge in [0.2, 0.25) is 0 Å². The van der Waals surface area contributed by atoms with Crippen molar-refractivity contribution in [2.45, 2.75) is 12.3 Å². The fraction of sp³-hybridized carbons (Fsp3) is 0.375. The first-order valence-corrected chi connectivity index (χ1v) is 4.45. The summed E-state index contributed by atoms with van der Waals surface area (Å²) >= 11 is 2.99. The first-order valence-electron chi connectivity index (χ1n) is 3.66. The minimum atomic E-state index is -4.41. The van der Waals surface area contributed by atoms with Gasteiger partial charge in [-0.1, -0.05) is 0 Å². The lowest BCUT2D eigenvalue weighted by Gasteiger charge is -2.18. The molecule has 0 aliphatic heterocycles. The van der Waals surface area contributed by atoms with Crippen molar-refractivity contribution in [3.63, 3.8) is 0 Å². The molecule has 0 bridgehead atoms. The van der Waals surface area contributed by atoms with Crippen LogP contribution in [0.2, 0.25) is 0 Å². The van der Waals surface area contributed by atoms with Crippen molar-refractivity contribution in [2.24, 2.45) is 0 Å². The van der Waals surface area contributed by atoms with Crippen LogP contribution in [0, 0.1) is 0 Å². The van der Waals surface area contributed by atoms with Crippen LogP contribution < -0.4 is 0 Å². The maximum Gasteiger partial charge on any atom is 0.418 e. The molecule has 1 heterocycles. The highest BCUT2D eigenvalue weighted by atomic mass is 79.9. The molecule has 6 heteroatoms. The fourth-order valence-corrected chi connectivity index (χ4v) is 1.42. The van der Waals surface area contributed by atoms with Gasteiger partial charge in [0.05, 0.1) is 0 Å². The molecule has 1 unspecified atom stereocenters. The summed E-state index contributed by atoms with van der Waals surface area (Å²) in [6, 6.07) is 2.55. The molecule has 1 aromatic rings. The van der Waals surface area contributed by atoms with Gasteiger partial charge in [-0.25, -0.2) is 4.98 Å². The van der Waals surface area contributed by atoms with Crippen molar-refractivity contribution < 1.29 is 17.9 Å². The van der Waals surface area contributed by atoms with Crippen LogP contribution >= 0.6 is 15.9 Å². The second kappa shape index (κ2) is 4.27. The average Bonchev–Trinajstić information content (AvgIpc) is 2.02. The van der Waals surface area contributed by atoms with Gasteiger partial charge in [0.1, 0.15) is 4.60 Å². The van der Waals surface area contributed by atoms with Crippen LogP contribution in [0.5, 0.6) is 0 Å². The van der Waals surface area contributed by atoms with E-state index >= 15 is 0 Å². The quantitative estimate of drug-likeness (QED) is 0.770. The standard InChI is InChI=1S/C8H7BrF3NO/c1-14-7(8(10,11)12)5-2-3-13-6(9)4-5/h2-4,7H,1H3. The van der Waals surface area contributed by atoms with Crippen molar-refractivity contribution in [2.75, 3.05) is 7.11 Å². The number of hydrogen-bond acceptors (Lipinski definition) is 2. The molecular formula is C8H7BrF3NO. The molecule has 0 saturated carbocycles. The maximum atomic E-state index is 12.4. The van der Waals surface area contributed by atoms with Crippen LogP contribution in [-0.4, -0.2) is 18.3 Å². The molecule has 0 N–H and O–H groups in total. The van der Waals surface area contributed by atoms with Crippen molar-refractivity contribution in [3.8, 4) is 0 Å². The summed E-state index contributed by atoms with van der Waals surface area (Å²) in [6.45, 7) is 0. The Labute approximate surface area is 87.2 Å². The van der Waals surface area contributed by atoms with E-state index in [1.165, 1.54) is 18.3 Å². The minimum Gasteiger partial charge on any atom is -0.367 e. The largest absolute Gasteiger partial charge is 0.418 e. The Morgan fingerprint density at radius 2 is 2.14 bits per heavy atom. The van der Waals surface area contributed by atoms with Gasteiger partial charge < -0.3 is 4.74 Å². The van der Waals surface area contributed by atoms with Gasteiger partial charge in [0, 0.05) is 13.3 Å². The highest BCUT2D eigenvalue weighted by Gasteiger charge is 2.41. The van der Waals surface area contributed by atoms with Gasteiger partial charge >= 0.3 is 6.18 Å². The molecule has 1 atom stereocenters. The molecule has 0 saturated heterocycles. The van der Waals surface area contributed by atoms with E-state index in [1.807, 2.05) is 0 Å². The van der Waals surface area contributed by atoms with Crippen molar-refractivity contribution in [1.29, 1.82) is 0 Å². The van der Waals surface area contributed by atoms with Crippen LogP contribution in [0.1, 0.15) is 11.7 Å². The van der Waals surface area contributed by atoms with E-state index in [1.54, 1.807) is 0 Å². The molecule has 78 valence electrons. The van der Waals surface area contributed by atoms with Crippen molar-refractivity contribution >= 4 is 15.9 Å². The van der Waals surface area contributed by atoms with Gasteiger partial charge in [-0.05, 0) is 33.6 Å². The highest BCUT2D eigenvalue weighted by molar-refractivity contribution is 9.10. The lowest BCUT2D eigenvalue weighted by atomic mass is 10.1. The first-order chi connectivity index (χ1) is 6.45. The summed E-state index contributed by atoms with van der Waals surface area (Å²) in [6.07, 6.45) is -5.02. The number of ether oxygens (including phenoxy) is 1. The molecule has 0 fully saturated rings. The third kappa shape index (κ3) is 2.68.